The second-order valence-electron chi connectivity index (χ2n) is 7.05. The topological polar surface area (TPSA) is 75.9 Å². The molecule has 1 fully saturated rings. The number of anilines is 1. The fraction of sp³-hybridized carbons (Fsp3) is 0.261. The molecule has 4 rings (SSSR count). The number of carbonyl (C=O) groups is 2. The van der Waals surface area contributed by atoms with Gasteiger partial charge in [0.25, 0.3) is 5.91 Å². The van der Waals surface area contributed by atoms with Crippen LogP contribution in [0.5, 0.6) is 0 Å². The fourth-order valence-corrected chi connectivity index (χ4v) is 3.64. The molecule has 2 aromatic carbocycles. The van der Waals surface area contributed by atoms with E-state index >= 15 is 0 Å². The largest absolute Gasteiger partial charge is 0.461 e. The fourth-order valence-electron chi connectivity index (χ4n) is 3.64. The number of carbonyl (C=O) groups excluding carboxylic acids is 2. The number of aromatic nitrogens is 1. The Hall–Kier alpha value is -3.68. The molecule has 0 atom stereocenters. The van der Waals surface area contributed by atoms with E-state index in [1.54, 1.807) is 48.2 Å². The molecule has 1 aromatic heterocycles. The summed E-state index contributed by atoms with van der Waals surface area (Å²) in [5.74, 6) is -0.807. The average molecular weight is 423 g/mol. The van der Waals surface area contributed by atoms with Crippen LogP contribution in [-0.4, -0.2) is 54.5 Å². The van der Waals surface area contributed by atoms with E-state index < -0.39 is 5.97 Å². The minimum atomic E-state index is -0.596. The van der Waals surface area contributed by atoms with E-state index in [0.29, 0.717) is 37.3 Å². The van der Waals surface area contributed by atoms with Gasteiger partial charge in [0.15, 0.2) is 17.8 Å². The van der Waals surface area contributed by atoms with Crippen LogP contribution < -0.4 is 4.90 Å². The Morgan fingerprint density at radius 3 is 2.48 bits per heavy atom. The Morgan fingerprint density at radius 2 is 1.77 bits per heavy atom. The molecule has 1 aliphatic rings. The molecule has 0 unspecified atom stereocenters. The standard InChI is InChI=1S/C23H22FN3O4/c1-2-30-23(29)20-21(31-15-25-20)18-5-3-4-6-19(18)22(28)27-13-11-26(12-14-27)17-9-7-16(24)8-10-17/h3-10,15H,2,11-14H2,1H3. The Morgan fingerprint density at radius 1 is 1.06 bits per heavy atom. The zero-order valence-corrected chi connectivity index (χ0v) is 17.1. The molecular weight excluding hydrogens is 401 g/mol. The number of oxazole rings is 1. The van der Waals surface area contributed by atoms with Crippen LogP contribution in [0.2, 0.25) is 0 Å². The smallest absolute Gasteiger partial charge is 0.360 e. The molecule has 1 saturated heterocycles. The number of hydrogen-bond donors (Lipinski definition) is 0. The van der Waals surface area contributed by atoms with Crippen LogP contribution in [0.1, 0.15) is 27.8 Å². The van der Waals surface area contributed by atoms with Gasteiger partial charge in [0.2, 0.25) is 0 Å². The third kappa shape index (κ3) is 4.28. The van der Waals surface area contributed by atoms with E-state index in [4.69, 9.17) is 9.15 Å². The van der Waals surface area contributed by atoms with E-state index in [2.05, 4.69) is 9.88 Å². The third-order valence-corrected chi connectivity index (χ3v) is 5.20. The maximum atomic E-state index is 13.3. The number of esters is 1. The van der Waals surface area contributed by atoms with Crippen LogP contribution >= 0.6 is 0 Å². The number of hydrogen-bond acceptors (Lipinski definition) is 6. The lowest BCUT2D eigenvalue weighted by molar-refractivity contribution is 0.0520. The van der Waals surface area contributed by atoms with E-state index in [9.17, 15) is 14.0 Å². The van der Waals surface area contributed by atoms with Crippen LogP contribution in [0.4, 0.5) is 10.1 Å². The van der Waals surface area contributed by atoms with Gasteiger partial charge in [0, 0.05) is 37.4 Å². The lowest BCUT2D eigenvalue weighted by atomic mass is 10.0. The predicted octanol–water partition coefficient (Wildman–Crippen LogP) is 3.62. The molecule has 160 valence electrons. The monoisotopic (exact) mass is 423 g/mol. The van der Waals surface area contributed by atoms with Crippen molar-refractivity contribution in [2.75, 3.05) is 37.7 Å². The molecule has 0 saturated carbocycles. The number of ether oxygens (including phenoxy) is 1. The van der Waals surface area contributed by atoms with Crippen molar-refractivity contribution in [3.05, 3.63) is 72.0 Å². The summed E-state index contributed by atoms with van der Waals surface area (Å²) in [4.78, 5) is 33.3. The molecule has 1 amide bonds. The SMILES string of the molecule is CCOC(=O)c1ncoc1-c1ccccc1C(=O)N1CCN(c2ccc(F)cc2)CC1. The first kappa shape index (κ1) is 20.6. The molecule has 0 radical (unpaired) electrons. The molecule has 0 spiro atoms. The minimum absolute atomic E-state index is 0.0447. The van der Waals surface area contributed by atoms with Crippen molar-refractivity contribution in [2.45, 2.75) is 6.92 Å². The van der Waals surface area contributed by atoms with Crippen molar-refractivity contribution in [2.24, 2.45) is 0 Å². The molecule has 0 bridgehead atoms. The molecule has 2 heterocycles. The summed E-state index contributed by atoms with van der Waals surface area (Å²) in [6.07, 6.45) is 1.17. The Balaban J connectivity index is 1.53. The number of benzene rings is 2. The molecule has 8 heteroatoms. The van der Waals surface area contributed by atoms with Crippen molar-refractivity contribution in [1.82, 2.24) is 9.88 Å². The van der Waals surface area contributed by atoms with Gasteiger partial charge in [0.05, 0.1) is 12.2 Å². The van der Waals surface area contributed by atoms with E-state index in [-0.39, 0.29) is 29.8 Å². The summed E-state index contributed by atoms with van der Waals surface area (Å²) in [6, 6.07) is 13.3. The van der Waals surface area contributed by atoms with Gasteiger partial charge in [-0.1, -0.05) is 18.2 Å². The zero-order valence-electron chi connectivity index (χ0n) is 17.1. The maximum Gasteiger partial charge on any atom is 0.360 e. The summed E-state index contributed by atoms with van der Waals surface area (Å²) in [5.41, 5.74) is 1.90. The lowest BCUT2D eigenvalue weighted by Crippen LogP contribution is -2.48. The van der Waals surface area contributed by atoms with Gasteiger partial charge in [0.1, 0.15) is 5.82 Å². The number of nitrogens with zero attached hydrogens (tertiary/aromatic N) is 3. The molecule has 7 nitrogen and oxygen atoms in total. The normalized spacial score (nSPS) is 13.9. The molecule has 31 heavy (non-hydrogen) atoms. The van der Waals surface area contributed by atoms with Gasteiger partial charge in [-0.05, 0) is 37.3 Å². The van der Waals surface area contributed by atoms with Crippen molar-refractivity contribution < 1.29 is 23.1 Å². The lowest BCUT2D eigenvalue weighted by Gasteiger charge is -2.36. The van der Waals surface area contributed by atoms with E-state index in [1.807, 2.05) is 0 Å². The summed E-state index contributed by atoms with van der Waals surface area (Å²) >= 11 is 0. The number of amides is 1. The molecular formula is C23H22FN3O4. The first-order chi connectivity index (χ1) is 15.1. The van der Waals surface area contributed by atoms with Crippen LogP contribution in [0.3, 0.4) is 0 Å². The number of piperazine rings is 1. The highest BCUT2D eigenvalue weighted by Gasteiger charge is 2.27. The van der Waals surface area contributed by atoms with Gasteiger partial charge in [-0.25, -0.2) is 14.2 Å². The van der Waals surface area contributed by atoms with Crippen molar-refractivity contribution in [3.8, 4) is 11.3 Å². The van der Waals surface area contributed by atoms with E-state index in [1.165, 1.54) is 18.5 Å². The second kappa shape index (κ2) is 8.99. The first-order valence-corrected chi connectivity index (χ1v) is 10.1. The highest BCUT2D eigenvalue weighted by molar-refractivity contribution is 6.03. The van der Waals surface area contributed by atoms with Gasteiger partial charge < -0.3 is 19.0 Å². The summed E-state index contributed by atoms with van der Waals surface area (Å²) in [7, 11) is 0. The van der Waals surface area contributed by atoms with Crippen LogP contribution in [-0.2, 0) is 4.74 Å². The van der Waals surface area contributed by atoms with Gasteiger partial charge >= 0.3 is 5.97 Å². The Bertz CT molecular complexity index is 1070. The summed E-state index contributed by atoms with van der Waals surface area (Å²) in [6.45, 7) is 4.23. The first-order valence-electron chi connectivity index (χ1n) is 10.1. The third-order valence-electron chi connectivity index (χ3n) is 5.20. The molecule has 1 aliphatic heterocycles. The van der Waals surface area contributed by atoms with Crippen molar-refractivity contribution in [3.63, 3.8) is 0 Å². The molecule has 0 N–H and O–H groups in total. The summed E-state index contributed by atoms with van der Waals surface area (Å²) < 4.78 is 23.7. The van der Waals surface area contributed by atoms with Gasteiger partial charge in [-0.3, -0.25) is 4.79 Å². The van der Waals surface area contributed by atoms with Crippen LogP contribution in [0.15, 0.2) is 59.3 Å². The highest BCUT2D eigenvalue weighted by Crippen LogP contribution is 2.29. The Kier molecular flexibility index (Phi) is 5.97. The maximum absolute atomic E-state index is 13.3. The number of halogens is 1. The van der Waals surface area contributed by atoms with Crippen molar-refractivity contribution in [1.29, 1.82) is 0 Å². The zero-order chi connectivity index (χ0) is 21.8. The van der Waals surface area contributed by atoms with Crippen LogP contribution in [0, 0.1) is 5.82 Å². The minimum Gasteiger partial charge on any atom is -0.461 e. The predicted molar refractivity (Wildman–Crippen MR) is 112 cm³/mol. The van der Waals surface area contributed by atoms with Gasteiger partial charge in [-0.15, -0.1) is 0 Å². The second-order valence-corrected chi connectivity index (χ2v) is 7.05. The van der Waals surface area contributed by atoms with Crippen molar-refractivity contribution >= 4 is 17.6 Å². The highest BCUT2D eigenvalue weighted by atomic mass is 19.1. The number of rotatable bonds is 5. The average Bonchev–Trinajstić information content (AvgIpc) is 3.29. The van der Waals surface area contributed by atoms with Crippen LogP contribution in [0.25, 0.3) is 11.3 Å². The quantitative estimate of drug-likeness (QED) is 0.584. The Labute approximate surface area is 179 Å². The van der Waals surface area contributed by atoms with Gasteiger partial charge in [-0.2, -0.15) is 0 Å². The molecule has 3 aromatic rings. The molecule has 0 aliphatic carbocycles. The summed E-state index contributed by atoms with van der Waals surface area (Å²) in [5, 5.41) is 0. The van der Waals surface area contributed by atoms with E-state index in [0.717, 1.165) is 5.69 Å².